The number of rotatable bonds is 5. The molecule has 1 aromatic rings. The molecule has 2 rings (SSSR count). The van der Waals surface area contributed by atoms with Crippen LogP contribution < -0.4 is 5.32 Å². The summed E-state index contributed by atoms with van der Waals surface area (Å²) in [6.45, 7) is 6.45. The topological polar surface area (TPSA) is 41.6 Å². The molecule has 0 radical (unpaired) electrons. The Balaban J connectivity index is 2.00. The van der Waals surface area contributed by atoms with Gasteiger partial charge in [0.2, 0.25) is 5.91 Å². The largest absolute Gasteiger partial charge is 0.374 e. The SMILES string of the molecule is CC[C@H](c1ccc(F)cc1)N1CCO[C@H](CNC(C)=O)C1. The number of nitrogens with one attached hydrogen (secondary N) is 1. The number of nitrogens with zero attached hydrogens (tertiary/aromatic N) is 1. The molecule has 1 aromatic carbocycles. The van der Waals surface area contributed by atoms with Gasteiger partial charge in [0.25, 0.3) is 0 Å². The smallest absolute Gasteiger partial charge is 0.216 e. The third kappa shape index (κ3) is 4.51. The fourth-order valence-electron chi connectivity index (χ4n) is 2.80. The molecule has 1 aliphatic heterocycles. The fraction of sp³-hybridized carbons (Fsp3) is 0.562. The van der Waals surface area contributed by atoms with Crippen molar-refractivity contribution in [1.82, 2.24) is 10.2 Å². The third-order valence-corrected chi connectivity index (χ3v) is 3.83. The summed E-state index contributed by atoms with van der Waals surface area (Å²) in [6, 6.07) is 6.97. The Bertz CT molecular complexity index is 464. The average molecular weight is 294 g/mol. The van der Waals surface area contributed by atoms with Crippen molar-refractivity contribution < 1.29 is 13.9 Å². The number of carbonyl (C=O) groups excluding carboxylic acids is 1. The Morgan fingerprint density at radius 3 is 2.81 bits per heavy atom. The van der Waals surface area contributed by atoms with Crippen molar-refractivity contribution in [2.75, 3.05) is 26.2 Å². The first-order chi connectivity index (χ1) is 10.1. The number of halogens is 1. The molecule has 5 heteroatoms. The molecular formula is C16H23FN2O2. The molecule has 4 nitrogen and oxygen atoms in total. The van der Waals surface area contributed by atoms with Crippen molar-refractivity contribution in [1.29, 1.82) is 0 Å². The molecular weight excluding hydrogens is 271 g/mol. The summed E-state index contributed by atoms with van der Waals surface area (Å²) >= 11 is 0. The molecule has 1 N–H and O–H groups in total. The number of hydrogen-bond donors (Lipinski definition) is 1. The van der Waals surface area contributed by atoms with Gasteiger partial charge in [-0.25, -0.2) is 4.39 Å². The summed E-state index contributed by atoms with van der Waals surface area (Å²) in [5.74, 6) is -0.250. The maximum atomic E-state index is 13.1. The van der Waals surface area contributed by atoms with Crippen LogP contribution >= 0.6 is 0 Å². The lowest BCUT2D eigenvalue weighted by Gasteiger charge is -2.38. The number of carbonyl (C=O) groups is 1. The average Bonchev–Trinajstić information content (AvgIpc) is 2.48. The first-order valence-electron chi connectivity index (χ1n) is 7.45. The van der Waals surface area contributed by atoms with Crippen LogP contribution in [0.2, 0.25) is 0 Å². The van der Waals surface area contributed by atoms with Gasteiger partial charge in [-0.2, -0.15) is 0 Å². The van der Waals surface area contributed by atoms with Crippen molar-refractivity contribution >= 4 is 5.91 Å². The molecule has 1 amide bonds. The Kier molecular flexibility index (Phi) is 5.70. The Labute approximate surface area is 125 Å². The summed E-state index contributed by atoms with van der Waals surface area (Å²) in [5.41, 5.74) is 1.12. The predicted molar refractivity (Wildman–Crippen MR) is 79.4 cm³/mol. The Hall–Kier alpha value is -1.46. The van der Waals surface area contributed by atoms with Crippen LogP contribution in [0.4, 0.5) is 4.39 Å². The highest BCUT2D eigenvalue weighted by Gasteiger charge is 2.26. The number of amides is 1. The van der Waals surface area contributed by atoms with Crippen LogP contribution in [0.25, 0.3) is 0 Å². The van der Waals surface area contributed by atoms with E-state index in [1.807, 2.05) is 12.1 Å². The summed E-state index contributed by atoms with van der Waals surface area (Å²) < 4.78 is 18.8. The number of hydrogen-bond acceptors (Lipinski definition) is 3. The van der Waals surface area contributed by atoms with Gasteiger partial charge in [-0.15, -0.1) is 0 Å². The molecule has 1 fully saturated rings. The standard InChI is InChI=1S/C16H23FN2O2/c1-3-16(13-4-6-14(17)7-5-13)19-8-9-21-15(11-19)10-18-12(2)20/h4-7,15-16H,3,8-11H2,1-2H3,(H,18,20)/t15-,16-/m1/s1. The van der Waals surface area contributed by atoms with E-state index in [9.17, 15) is 9.18 Å². The van der Waals surface area contributed by atoms with Gasteiger partial charge < -0.3 is 10.1 Å². The van der Waals surface area contributed by atoms with E-state index in [1.54, 1.807) is 0 Å². The third-order valence-electron chi connectivity index (χ3n) is 3.83. The zero-order chi connectivity index (χ0) is 15.2. The number of benzene rings is 1. The molecule has 0 aliphatic carbocycles. The summed E-state index contributed by atoms with van der Waals surface area (Å²) in [6.07, 6.45) is 0.968. The molecule has 0 bridgehead atoms. The van der Waals surface area contributed by atoms with Gasteiger partial charge >= 0.3 is 0 Å². The van der Waals surface area contributed by atoms with Crippen LogP contribution in [-0.2, 0) is 9.53 Å². The molecule has 0 saturated carbocycles. The lowest BCUT2D eigenvalue weighted by Crippen LogP contribution is -2.48. The van der Waals surface area contributed by atoms with Crippen molar-refractivity contribution in [2.45, 2.75) is 32.4 Å². The van der Waals surface area contributed by atoms with Gasteiger partial charge in [-0.1, -0.05) is 19.1 Å². The molecule has 0 spiro atoms. The van der Waals surface area contributed by atoms with Crippen LogP contribution in [0.15, 0.2) is 24.3 Å². The minimum absolute atomic E-state index is 0.0112. The number of ether oxygens (including phenoxy) is 1. The molecule has 1 heterocycles. The van der Waals surface area contributed by atoms with E-state index >= 15 is 0 Å². The minimum atomic E-state index is -0.209. The van der Waals surface area contributed by atoms with Crippen molar-refractivity contribution in [2.24, 2.45) is 0 Å². The minimum Gasteiger partial charge on any atom is -0.374 e. The maximum absolute atomic E-state index is 13.1. The van der Waals surface area contributed by atoms with E-state index in [-0.39, 0.29) is 23.9 Å². The molecule has 1 saturated heterocycles. The van der Waals surface area contributed by atoms with E-state index < -0.39 is 0 Å². The summed E-state index contributed by atoms with van der Waals surface area (Å²) in [5, 5.41) is 2.80. The second-order valence-corrected chi connectivity index (χ2v) is 5.40. The molecule has 1 aliphatic rings. The molecule has 0 aromatic heterocycles. The first kappa shape index (κ1) is 15.9. The van der Waals surface area contributed by atoms with Crippen LogP contribution in [0.1, 0.15) is 31.9 Å². The normalized spacial score (nSPS) is 21.0. The predicted octanol–water partition coefficient (Wildman–Crippen LogP) is 2.11. The quantitative estimate of drug-likeness (QED) is 0.904. The lowest BCUT2D eigenvalue weighted by atomic mass is 10.0. The Morgan fingerprint density at radius 1 is 1.48 bits per heavy atom. The van der Waals surface area contributed by atoms with Gasteiger partial charge in [0.15, 0.2) is 0 Å². The monoisotopic (exact) mass is 294 g/mol. The van der Waals surface area contributed by atoms with Gasteiger partial charge in [-0.05, 0) is 24.1 Å². The van der Waals surface area contributed by atoms with E-state index in [4.69, 9.17) is 4.74 Å². The number of morpholine rings is 1. The van der Waals surface area contributed by atoms with E-state index in [0.29, 0.717) is 13.2 Å². The highest BCUT2D eigenvalue weighted by atomic mass is 19.1. The zero-order valence-corrected chi connectivity index (χ0v) is 12.6. The van der Waals surface area contributed by atoms with Gasteiger partial charge in [-0.3, -0.25) is 9.69 Å². The van der Waals surface area contributed by atoms with Crippen LogP contribution in [0, 0.1) is 5.82 Å². The maximum Gasteiger partial charge on any atom is 0.216 e. The van der Waals surface area contributed by atoms with Crippen LogP contribution in [0.3, 0.4) is 0 Å². The fourth-order valence-corrected chi connectivity index (χ4v) is 2.80. The Morgan fingerprint density at radius 2 is 2.19 bits per heavy atom. The molecule has 0 unspecified atom stereocenters. The molecule has 21 heavy (non-hydrogen) atoms. The highest BCUT2D eigenvalue weighted by Crippen LogP contribution is 2.26. The van der Waals surface area contributed by atoms with Gasteiger partial charge in [0.1, 0.15) is 5.82 Å². The zero-order valence-electron chi connectivity index (χ0n) is 12.6. The van der Waals surface area contributed by atoms with E-state index in [0.717, 1.165) is 25.1 Å². The van der Waals surface area contributed by atoms with Crippen molar-refractivity contribution in [3.63, 3.8) is 0 Å². The lowest BCUT2D eigenvalue weighted by molar-refractivity contribution is -0.120. The van der Waals surface area contributed by atoms with Gasteiger partial charge in [0.05, 0.1) is 12.7 Å². The van der Waals surface area contributed by atoms with Crippen LogP contribution in [-0.4, -0.2) is 43.2 Å². The molecule has 2 atom stereocenters. The van der Waals surface area contributed by atoms with Gasteiger partial charge in [0, 0.05) is 32.6 Å². The van der Waals surface area contributed by atoms with Crippen molar-refractivity contribution in [3.8, 4) is 0 Å². The summed E-state index contributed by atoms with van der Waals surface area (Å²) in [7, 11) is 0. The highest BCUT2D eigenvalue weighted by molar-refractivity contribution is 5.72. The van der Waals surface area contributed by atoms with Crippen LogP contribution in [0.5, 0.6) is 0 Å². The first-order valence-corrected chi connectivity index (χ1v) is 7.45. The van der Waals surface area contributed by atoms with E-state index in [2.05, 4.69) is 17.1 Å². The van der Waals surface area contributed by atoms with Crippen molar-refractivity contribution in [3.05, 3.63) is 35.6 Å². The second-order valence-electron chi connectivity index (χ2n) is 5.40. The molecule has 116 valence electrons. The second kappa shape index (κ2) is 7.52. The summed E-state index contributed by atoms with van der Waals surface area (Å²) in [4.78, 5) is 13.3. The van der Waals surface area contributed by atoms with E-state index in [1.165, 1.54) is 19.1 Å².